The third kappa shape index (κ3) is 4.28. The molecular weight excluding hydrogens is 318 g/mol. The average Bonchev–Trinajstić information content (AvgIpc) is 3.05. The first-order valence-electron chi connectivity index (χ1n) is 7.36. The van der Waals surface area contributed by atoms with E-state index in [0.717, 1.165) is 30.7 Å². The molecule has 23 heavy (non-hydrogen) atoms. The molecule has 0 aliphatic carbocycles. The molecular formula is C15H20ClN5O2. The van der Waals surface area contributed by atoms with Crippen molar-refractivity contribution >= 4 is 24.0 Å². The van der Waals surface area contributed by atoms with E-state index in [1.54, 1.807) is 0 Å². The van der Waals surface area contributed by atoms with Gasteiger partial charge in [-0.15, -0.1) is 12.4 Å². The largest absolute Gasteiger partial charge is 0.381 e. The molecule has 7 nitrogen and oxygen atoms in total. The Balaban J connectivity index is 0.00000192. The number of nitrogens with two attached hydrogens (primary N) is 1. The van der Waals surface area contributed by atoms with E-state index in [-0.39, 0.29) is 24.2 Å². The van der Waals surface area contributed by atoms with Crippen LogP contribution in [0.15, 0.2) is 24.3 Å². The van der Waals surface area contributed by atoms with Crippen LogP contribution in [0.3, 0.4) is 0 Å². The van der Waals surface area contributed by atoms with Crippen molar-refractivity contribution in [2.45, 2.75) is 19.4 Å². The zero-order valence-electron chi connectivity index (χ0n) is 12.6. The molecule has 1 atom stereocenters. The second-order valence-electron chi connectivity index (χ2n) is 5.29. The molecule has 1 aromatic heterocycles. The number of aromatic nitrogens is 3. The number of nitrogens with zero attached hydrogens (tertiary/aromatic N) is 2. The Morgan fingerprint density at radius 1 is 1.39 bits per heavy atom. The molecule has 1 unspecified atom stereocenters. The summed E-state index contributed by atoms with van der Waals surface area (Å²) in [6.07, 6.45) is 1.81. The summed E-state index contributed by atoms with van der Waals surface area (Å²) in [5.41, 5.74) is 7.13. The van der Waals surface area contributed by atoms with Crippen molar-refractivity contribution in [3.8, 4) is 11.4 Å². The number of ether oxygens (including phenoxy) is 1. The predicted octanol–water partition coefficient (Wildman–Crippen LogP) is 1.72. The van der Waals surface area contributed by atoms with Gasteiger partial charge in [-0.1, -0.05) is 0 Å². The maximum absolute atomic E-state index is 12.1. The van der Waals surface area contributed by atoms with Crippen LogP contribution in [0.4, 0.5) is 5.69 Å². The van der Waals surface area contributed by atoms with Crippen molar-refractivity contribution in [3.63, 3.8) is 0 Å². The number of rotatable bonds is 4. The van der Waals surface area contributed by atoms with Crippen LogP contribution in [0.2, 0.25) is 0 Å². The van der Waals surface area contributed by atoms with Gasteiger partial charge in [0.15, 0.2) is 5.82 Å². The molecule has 2 heterocycles. The molecule has 3 rings (SSSR count). The Bertz CT molecular complexity index is 638. The molecule has 4 N–H and O–H groups in total. The van der Waals surface area contributed by atoms with E-state index in [4.69, 9.17) is 10.5 Å². The fourth-order valence-corrected chi connectivity index (χ4v) is 2.41. The Hall–Kier alpha value is -1.96. The van der Waals surface area contributed by atoms with Crippen LogP contribution >= 0.6 is 12.4 Å². The number of carbonyl (C=O) groups is 1. The van der Waals surface area contributed by atoms with Crippen LogP contribution < -0.4 is 11.1 Å². The highest BCUT2D eigenvalue weighted by Gasteiger charge is 2.21. The zero-order valence-corrected chi connectivity index (χ0v) is 13.4. The number of benzene rings is 1. The van der Waals surface area contributed by atoms with Crippen LogP contribution in [-0.2, 0) is 16.1 Å². The SMILES string of the molecule is Cl.NCc1nc(-c2ccc(NC(=O)C3CCCOC3)cc2)n[nH]1. The van der Waals surface area contributed by atoms with Gasteiger partial charge in [-0.3, -0.25) is 9.89 Å². The summed E-state index contributed by atoms with van der Waals surface area (Å²) in [6.45, 7) is 1.58. The summed E-state index contributed by atoms with van der Waals surface area (Å²) in [6, 6.07) is 7.43. The number of H-pyrrole nitrogens is 1. The van der Waals surface area contributed by atoms with Crippen molar-refractivity contribution in [2.24, 2.45) is 11.7 Å². The van der Waals surface area contributed by atoms with Crippen LogP contribution in [0, 0.1) is 5.92 Å². The number of hydrogen-bond donors (Lipinski definition) is 3. The number of carbonyl (C=O) groups excluding carboxylic acids is 1. The molecule has 2 aromatic rings. The summed E-state index contributed by atoms with van der Waals surface area (Å²) < 4.78 is 5.34. The average molecular weight is 338 g/mol. The fraction of sp³-hybridized carbons (Fsp3) is 0.400. The number of amides is 1. The topological polar surface area (TPSA) is 106 Å². The van der Waals surface area contributed by atoms with E-state index in [0.29, 0.717) is 24.8 Å². The highest BCUT2D eigenvalue weighted by Crippen LogP contribution is 2.20. The summed E-state index contributed by atoms with van der Waals surface area (Å²) in [5, 5.41) is 9.79. The highest BCUT2D eigenvalue weighted by atomic mass is 35.5. The summed E-state index contributed by atoms with van der Waals surface area (Å²) in [4.78, 5) is 16.4. The van der Waals surface area contributed by atoms with Gasteiger partial charge >= 0.3 is 0 Å². The summed E-state index contributed by atoms with van der Waals surface area (Å²) in [7, 11) is 0. The Labute approximate surface area is 140 Å². The molecule has 124 valence electrons. The van der Waals surface area contributed by atoms with E-state index in [1.165, 1.54) is 0 Å². The van der Waals surface area contributed by atoms with E-state index in [9.17, 15) is 4.79 Å². The molecule has 1 aliphatic heterocycles. The minimum absolute atomic E-state index is 0. The van der Waals surface area contributed by atoms with E-state index < -0.39 is 0 Å². The van der Waals surface area contributed by atoms with Gasteiger partial charge in [-0.25, -0.2) is 4.98 Å². The Morgan fingerprint density at radius 2 is 2.17 bits per heavy atom. The third-order valence-electron chi connectivity index (χ3n) is 3.67. The monoisotopic (exact) mass is 337 g/mol. The summed E-state index contributed by atoms with van der Waals surface area (Å²) >= 11 is 0. The Kier molecular flexibility index (Phi) is 6.09. The van der Waals surface area contributed by atoms with Crippen LogP contribution in [-0.4, -0.2) is 34.3 Å². The molecule has 0 saturated carbocycles. The molecule has 1 aromatic carbocycles. The van der Waals surface area contributed by atoms with E-state index in [1.807, 2.05) is 24.3 Å². The third-order valence-corrected chi connectivity index (χ3v) is 3.67. The lowest BCUT2D eigenvalue weighted by atomic mass is 10.0. The predicted molar refractivity (Wildman–Crippen MR) is 89.1 cm³/mol. The maximum atomic E-state index is 12.1. The van der Waals surface area contributed by atoms with Gasteiger partial charge in [0.2, 0.25) is 5.91 Å². The number of hydrogen-bond acceptors (Lipinski definition) is 5. The van der Waals surface area contributed by atoms with Gasteiger partial charge in [0.05, 0.1) is 19.1 Å². The zero-order chi connectivity index (χ0) is 15.4. The second kappa shape index (κ2) is 8.05. The van der Waals surface area contributed by atoms with Crippen molar-refractivity contribution in [2.75, 3.05) is 18.5 Å². The lowest BCUT2D eigenvalue weighted by molar-refractivity contribution is -0.123. The maximum Gasteiger partial charge on any atom is 0.229 e. The molecule has 0 bridgehead atoms. The minimum atomic E-state index is -0.0615. The smallest absolute Gasteiger partial charge is 0.229 e. The van der Waals surface area contributed by atoms with E-state index in [2.05, 4.69) is 20.5 Å². The van der Waals surface area contributed by atoms with Crippen molar-refractivity contribution in [3.05, 3.63) is 30.1 Å². The van der Waals surface area contributed by atoms with Gasteiger partial charge in [0.25, 0.3) is 0 Å². The fourth-order valence-electron chi connectivity index (χ4n) is 2.41. The number of halogens is 1. The standard InChI is InChI=1S/C15H19N5O2.ClH/c16-8-13-18-14(20-19-13)10-3-5-12(6-4-10)17-15(21)11-2-1-7-22-9-11;/h3-6,11H,1-2,7-9,16H2,(H,17,21)(H,18,19,20);1H. The van der Waals surface area contributed by atoms with E-state index >= 15 is 0 Å². The first-order valence-corrected chi connectivity index (χ1v) is 7.36. The molecule has 0 spiro atoms. The normalized spacial score (nSPS) is 17.3. The number of nitrogens with one attached hydrogen (secondary N) is 2. The molecule has 0 radical (unpaired) electrons. The van der Waals surface area contributed by atoms with Crippen LogP contribution in [0.5, 0.6) is 0 Å². The molecule has 1 saturated heterocycles. The van der Waals surface area contributed by atoms with Crippen molar-refractivity contribution < 1.29 is 9.53 Å². The lowest BCUT2D eigenvalue weighted by Crippen LogP contribution is -2.30. The van der Waals surface area contributed by atoms with Crippen LogP contribution in [0.1, 0.15) is 18.7 Å². The molecule has 1 aliphatic rings. The molecule has 1 fully saturated rings. The number of anilines is 1. The summed E-state index contributed by atoms with van der Waals surface area (Å²) in [5.74, 6) is 1.19. The molecule has 1 amide bonds. The van der Waals surface area contributed by atoms with Gasteiger partial charge in [-0.2, -0.15) is 5.10 Å². The lowest BCUT2D eigenvalue weighted by Gasteiger charge is -2.21. The van der Waals surface area contributed by atoms with Gasteiger partial charge < -0.3 is 15.8 Å². The quantitative estimate of drug-likeness (QED) is 0.787. The van der Waals surface area contributed by atoms with Crippen molar-refractivity contribution in [1.82, 2.24) is 15.2 Å². The Morgan fingerprint density at radius 3 is 2.78 bits per heavy atom. The van der Waals surface area contributed by atoms with Gasteiger partial charge in [0.1, 0.15) is 5.82 Å². The van der Waals surface area contributed by atoms with Crippen molar-refractivity contribution in [1.29, 1.82) is 0 Å². The van der Waals surface area contributed by atoms with Crippen LogP contribution in [0.25, 0.3) is 11.4 Å². The number of aromatic amines is 1. The first-order chi connectivity index (χ1) is 10.8. The molecule has 8 heteroatoms. The van der Waals surface area contributed by atoms with Gasteiger partial charge in [0, 0.05) is 17.9 Å². The van der Waals surface area contributed by atoms with Gasteiger partial charge in [-0.05, 0) is 37.1 Å². The minimum Gasteiger partial charge on any atom is -0.381 e. The highest BCUT2D eigenvalue weighted by molar-refractivity contribution is 5.92. The second-order valence-corrected chi connectivity index (χ2v) is 5.29. The first kappa shape index (κ1) is 17.4.